The summed E-state index contributed by atoms with van der Waals surface area (Å²) in [7, 11) is 0. The van der Waals surface area contributed by atoms with E-state index < -0.39 is 12.1 Å². The molecule has 0 spiro atoms. The third-order valence-corrected chi connectivity index (χ3v) is 4.50. The summed E-state index contributed by atoms with van der Waals surface area (Å²) < 4.78 is 5.39. The van der Waals surface area contributed by atoms with Gasteiger partial charge in [-0.1, -0.05) is 6.07 Å². The van der Waals surface area contributed by atoms with Gasteiger partial charge in [0.05, 0.1) is 37.3 Å². The Hall–Kier alpha value is -2.48. The number of amides is 2. The summed E-state index contributed by atoms with van der Waals surface area (Å²) in [5.41, 5.74) is 0.789. The van der Waals surface area contributed by atoms with Gasteiger partial charge < -0.3 is 19.6 Å². The van der Waals surface area contributed by atoms with Gasteiger partial charge in [-0.2, -0.15) is 0 Å². The summed E-state index contributed by atoms with van der Waals surface area (Å²) >= 11 is 0. The molecule has 1 aromatic heterocycles. The molecule has 3 rings (SSSR count). The maximum Gasteiger partial charge on any atom is 0.306 e. The van der Waals surface area contributed by atoms with Crippen molar-refractivity contribution in [2.45, 2.75) is 25.5 Å². The van der Waals surface area contributed by atoms with Crippen LogP contribution in [-0.2, 0) is 25.7 Å². The lowest BCUT2D eigenvalue weighted by atomic mass is 10.1. The van der Waals surface area contributed by atoms with Crippen LogP contribution in [0.15, 0.2) is 24.4 Å². The lowest BCUT2D eigenvalue weighted by Gasteiger charge is -2.33. The van der Waals surface area contributed by atoms with Crippen molar-refractivity contribution in [2.24, 2.45) is 5.92 Å². The van der Waals surface area contributed by atoms with Gasteiger partial charge in [0.1, 0.15) is 0 Å². The number of carboxylic acid groups (broad SMARTS) is 1. The lowest BCUT2D eigenvalue weighted by molar-refractivity contribution is -0.149. The number of aromatic nitrogens is 1. The zero-order valence-corrected chi connectivity index (χ0v) is 13.8. The summed E-state index contributed by atoms with van der Waals surface area (Å²) in [6.45, 7) is 1.78. The Morgan fingerprint density at radius 1 is 1.32 bits per heavy atom. The van der Waals surface area contributed by atoms with E-state index in [4.69, 9.17) is 9.84 Å². The van der Waals surface area contributed by atoms with Crippen molar-refractivity contribution < 1.29 is 24.2 Å². The maximum absolute atomic E-state index is 12.7. The number of nitrogens with zero attached hydrogens (tertiary/aromatic N) is 3. The topological polar surface area (TPSA) is 100 Å². The minimum absolute atomic E-state index is 0.0562. The molecule has 0 radical (unpaired) electrons. The van der Waals surface area contributed by atoms with Crippen LogP contribution in [0.5, 0.6) is 0 Å². The van der Waals surface area contributed by atoms with Gasteiger partial charge >= 0.3 is 5.97 Å². The minimum atomic E-state index is -0.947. The van der Waals surface area contributed by atoms with Gasteiger partial charge in [-0.25, -0.2) is 0 Å². The van der Waals surface area contributed by atoms with Gasteiger partial charge in [0.15, 0.2) is 0 Å². The largest absolute Gasteiger partial charge is 0.481 e. The van der Waals surface area contributed by atoms with Gasteiger partial charge in [-0.3, -0.25) is 19.4 Å². The molecule has 0 bridgehead atoms. The number of carbonyl (C=O) groups excluding carboxylic acids is 2. The number of carbonyl (C=O) groups is 3. The molecular weight excluding hydrogens is 326 g/mol. The Kier molecular flexibility index (Phi) is 5.28. The molecule has 0 aliphatic carbocycles. The Morgan fingerprint density at radius 2 is 2.16 bits per heavy atom. The molecule has 2 amide bonds. The van der Waals surface area contributed by atoms with E-state index in [9.17, 15) is 14.4 Å². The number of rotatable bonds is 5. The van der Waals surface area contributed by atoms with Crippen LogP contribution in [0.2, 0.25) is 0 Å². The quantitative estimate of drug-likeness (QED) is 0.813. The van der Waals surface area contributed by atoms with Crippen molar-refractivity contribution >= 4 is 17.8 Å². The fourth-order valence-electron chi connectivity index (χ4n) is 3.27. The zero-order chi connectivity index (χ0) is 17.8. The van der Waals surface area contributed by atoms with Crippen LogP contribution in [0, 0.1) is 5.92 Å². The molecule has 0 aromatic carbocycles. The fourth-order valence-corrected chi connectivity index (χ4v) is 3.27. The Labute approximate surface area is 145 Å². The van der Waals surface area contributed by atoms with Crippen LogP contribution in [0.25, 0.3) is 0 Å². The molecule has 2 aliphatic heterocycles. The minimum Gasteiger partial charge on any atom is -0.481 e. The predicted molar refractivity (Wildman–Crippen MR) is 86.3 cm³/mol. The summed E-state index contributed by atoms with van der Waals surface area (Å²) in [6.07, 6.45) is 1.25. The fraction of sp³-hybridized carbons (Fsp3) is 0.529. The van der Waals surface area contributed by atoms with E-state index in [0.29, 0.717) is 26.2 Å². The van der Waals surface area contributed by atoms with E-state index in [2.05, 4.69) is 4.98 Å². The molecule has 1 aromatic rings. The predicted octanol–water partition coefficient (Wildman–Crippen LogP) is 0.132. The van der Waals surface area contributed by atoms with Crippen LogP contribution < -0.4 is 0 Å². The lowest BCUT2D eigenvalue weighted by Crippen LogP contribution is -2.48. The van der Waals surface area contributed by atoms with E-state index in [1.54, 1.807) is 16.0 Å². The number of likely N-dealkylation sites (tertiary alicyclic amines) is 1. The average Bonchev–Trinajstić information content (AvgIpc) is 2.95. The number of pyridine rings is 1. The molecule has 2 aliphatic rings. The second kappa shape index (κ2) is 7.60. The van der Waals surface area contributed by atoms with E-state index in [1.165, 1.54) is 0 Å². The number of hydrogen-bond donors (Lipinski definition) is 1. The van der Waals surface area contributed by atoms with Gasteiger partial charge in [0.2, 0.25) is 11.8 Å². The molecule has 134 valence electrons. The summed E-state index contributed by atoms with van der Waals surface area (Å²) in [5, 5.41) is 8.87. The molecule has 0 saturated carbocycles. The van der Waals surface area contributed by atoms with Crippen molar-refractivity contribution in [2.75, 3.05) is 26.2 Å². The number of hydrogen-bond acceptors (Lipinski definition) is 5. The van der Waals surface area contributed by atoms with Gasteiger partial charge in [-0.05, 0) is 12.1 Å². The normalized spacial score (nSPS) is 23.8. The highest BCUT2D eigenvalue weighted by molar-refractivity contribution is 5.89. The van der Waals surface area contributed by atoms with Crippen LogP contribution >= 0.6 is 0 Å². The Balaban J connectivity index is 1.57. The van der Waals surface area contributed by atoms with Crippen LogP contribution in [0.4, 0.5) is 0 Å². The molecule has 8 nitrogen and oxygen atoms in total. The first-order valence-corrected chi connectivity index (χ1v) is 8.33. The van der Waals surface area contributed by atoms with Crippen LogP contribution in [-0.4, -0.2) is 70.0 Å². The molecule has 8 heteroatoms. The molecule has 2 atom stereocenters. The molecule has 2 unspecified atom stereocenters. The third kappa shape index (κ3) is 4.33. The molecule has 2 saturated heterocycles. The van der Waals surface area contributed by atoms with Gasteiger partial charge in [0, 0.05) is 32.3 Å². The smallest absolute Gasteiger partial charge is 0.306 e. The third-order valence-electron chi connectivity index (χ3n) is 4.50. The number of ether oxygens (including phenoxy) is 1. The van der Waals surface area contributed by atoms with E-state index in [-0.39, 0.29) is 37.1 Å². The average molecular weight is 347 g/mol. The second-order valence-electron chi connectivity index (χ2n) is 6.37. The SMILES string of the molecule is O=C(O)CC1CN(C(=O)C2CC(=O)N(Cc3ccccn3)C2)CCO1. The molecular formula is C17H21N3O5. The maximum atomic E-state index is 12.7. The van der Waals surface area contributed by atoms with Crippen molar-refractivity contribution in [1.82, 2.24) is 14.8 Å². The highest BCUT2D eigenvalue weighted by Crippen LogP contribution is 2.23. The molecule has 3 heterocycles. The first kappa shape index (κ1) is 17.3. The van der Waals surface area contributed by atoms with E-state index in [1.807, 2.05) is 18.2 Å². The zero-order valence-electron chi connectivity index (χ0n) is 13.8. The van der Waals surface area contributed by atoms with Crippen LogP contribution in [0.3, 0.4) is 0 Å². The second-order valence-corrected chi connectivity index (χ2v) is 6.37. The first-order valence-electron chi connectivity index (χ1n) is 8.33. The summed E-state index contributed by atoms with van der Waals surface area (Å²) in [5.74, 6) is -1.49. The monoisotopic (exact) mass is 347 g/mol. The number of aliphatic carboxylic acids is 1. The van der Waals surface area contributed by atoms with Crippen molar-refractivity contribution in [3.05, 3.63) is 30.1 Å². The van der Waals surface area contributed by atoms with Crippen molar-refractivity contribution in [3.63, 3.8) is 0 Å². The van der Waals surface area contributed by atoms with E-state index >= 15 is 0 Å². The van der Waals surface area contributed by atoms with Gasteiger partial charge in [0.25, 0.3) is 0 Å². The summed E-state index contributed by atoms with van der Waals surface area (Å²) in [6, 6.07) is 5.52. The van der Waals surface area contributed by atoms with E-state index in [0.717, 1.165) is 5.69 Å². The number of morpholine rings is 1. The Bertz CT molecular complexity index is 651. The number of carboxylic acids is 1. The highest BCUT2D eigenvalue weighted by Gasteiger charge is 2.38. The van der Waals surface area contributed by atoms with Crippen molar-refractivity contribution in [3.8, 4) is 0 Å². The van der Waals surface area contributed by atoms with Gasteiger partial charge in [-0.15, -0.1) is 0 Å². The summed E-state index contributed by atoms with van der Waals surface area (Å²) in [4.78, 5) is 43.2. The van der Waals surface area contributed by atoms with Crippen molar-refractivity contribution in [1.29, 1.82) is 0 Å². The molecule has 2 fully saturated rings. The standard InChI is InChI=1S/C17H21N3O5/c21-15-7-12(9-20(15)10-13-3-1-2-4-18-13)17(24)19-5-6-25-14(11-19)8-16(22)23/h1-4,12,14H,5-11H2,(H,22,23). The molecule has 25 heavy (non-hydrogen) atoms. The first-order chi connectivity index (χ1) is 12.0. The van der Waals surface area contributed by atoms with Crippen LogP contribution in [0.1, 0.15) is 18.5 Å². The Morgan fingerprint density at radius 3 is 2.88 bits per heavy atom. The highest BCUT2D eigenvalue weighted by atomic mass is 16.5. The molecule has 1 N–H and O–H groups in total.